The Hall–Kier alpha value is -0.0800. The first-order valence-corrected chi connectivity index (χ1v) is 5.35. The second-order valence-corrected chi connectivity index (χ2v) is 5.66. The zero-order chi connectivity index (χ0) is 9.69. The van der Waals surface area contributed by atoms with Gasteiger partial charge in [0.2, 0.25) is 0 Å². The first-order chi connectivity index (χ1) is 5.89. The molecule has 0 aromatic carbocycles. The Balaban J connectivity index is 2.00. The summed E-state index contributed by atoms with van der Waals surface area (Å²) in [5.41, 5.74) is 0.0577. The Morgan fingerprint density at radius 1 is 1.15 bits per heavy atom. The molecule has 1 N–H and O–H groups in total. The van der Waals surface area contributed by atoms with Crippen LogP contribution in [0.5, 0.6) is 0 Å². The number of ether oxygens (including phenoxy) is 1. The summed E-state index contributed by atoms with van der Waals surface area (Å²) in [7, 11) is 0. The zero-order valence-corrected chi connectivity index (χ0v) is 9.18. The van der Waals surface area contributed by atoms with Crippen LogP contribution in [0.15, 0.2) is 0 Å². The highest BCUT2D eigenvalue weighted by atomic mass is 16.5. The molecule has 2 heteroatoms. The highest BCUT2D eigenvalue weighted by Gasteiger charge is 2.47. The van der Waals surface area contributed by atoms with E-state index in [0.717, 1.165) is 12.5 Å². The van der Waals surface area contributed by atoms with E-state index >= 15 is 0 Å². The fraction of sp³-hybridized carbons (Fsp3) is 1.00. The molecule has 2 fully saturated rings. The molecule has 1 aliphatic heterocycles. The quantitative estimate of drug-likeness (QED) is 0.707. The van der Waals surface area contributed by atoms with Gasteiger partial charge in [-0.15, -0.1) is 0 Å². The number of hydrogen-bond acceptors (Lipinski definition) is 2. The third kappa shape index (κ3) is 2.05. The van der Waals surface area contributed by atoms with Crippen LogP contribution < -0.4 is 5.32 Å². The van der Waals surface area contributed by atoms with Crippen molar-refractivity contribution in [2.24, 2.45) is 0 Å². The molecule has 0 bridgehead atoms. The van der Waals surface area contributed by atoms with Gasteiger partial charge in [0.25, 0.3) is 0 Å². The Morgan fingerprint density at radius 3 is 2.15 bits per heavy atom. The molecule has 0 aromatic heterocycles. The summed E-state index contributed by atoms with van der Waals surface area (Å²) in [5.74, 6) is 0. The minimum atomic E-state index is 0.00604. The molecular weight excluding hydrogens is 162 g/mol. The molecule has 1 aliphatic carbocycles. The van der Waals surface area contributed by atoms with Crippen LogP contribution in [-0.4, -0.2) is 23.3 Å². The van der Waals surface area contributed by atoms with Gasteiger partial charge >= 0.3 is 0 Å². The van der Waals surface area contributed by atoms with Crippen molar-refractivity contribution in [3.63, 3.8) is 0 Å². The molecule has 1 saturated carbocycles. The van der Waals surface area contributed by atoms with Gasteiger partial charge in [-0.2, -0.15) is 0 Å². The largest absolute Gasteiger partial charge is 0.368 e. The summed E-state index contributed by atoms with van der Waals surface area (Å²) in [6.07, 6.45) is 3.84. The van der Waals surface area contributed by atoms with E-state index in [2.05, 4.69) is 33.0 Å². The monoisotopic (exact) mass is 183 g/mol. The molecule has 0 unspecified atom stereocenters. The fourth-order valence-electron chi connectivity index (χ4n) is 2.36. The van der Waals surface area contributed by atoms with Gasteiger partial charge in [0, 0.05) is 12.1 Å². The lowest BCUT2D eigenvalue weighted by Gasteiger charge is -2.27. The van der Waals surface area contributed by atoms with Gasteiger partial charge < -0.3 is 10.1 Å². The van der Waals surface area contributed by atoms with E-state index in [1.165, 1.54) is 12.8 Å². The lowest BCUT2D eigenvalue weighted by molar-refractivity contribution is -0.0699. The van der Waals surface area contributed by atoms with Crippen molar-refractivity contribution >= 4 is 0 Å². The van der Waals surface area contributed by atoms with Gasteiger partial charge in [0.05, 0.1) is 11.2 Å². The molecule has 0 spiro atoms. The lowest BCUT2D eigenvalue weighted by atomic mass is 9.94. The van der Waals surface area contributed by atoms with Crippen molar-refractivity contribution in [3.8, 4) is 0 Å². The second kappa shape index (κ2) is 2.71. The molecule has 1 atom stereocenters. The molecular formula is C11H21NO. The molecule has 1 saturated heterocycles. The predicted octanol–water partition coefficient (Wildman–Crippen LogP) is 2.08. The van der Waals surface area contributed by atoms with Gasteiger partial charge in [0.1, 0.15) is 0 Å². The van der Waals surface area contributed by atoms with Crippen LogP contribution in [0, 0.1) is 0 Å². The van der Waals surface area contributed by atoms with Gasteiger partial charge in [-0.25, -0.2) is 0 Å². The van der Waals surface area contributed by atoms with Gasteiger partial charge in [0.15, 0.2) is 0 Å². The molecule has 76 valence electrons. The maximum Gasteiger partial charge on any atom is 0.0787 e. The van der Waals surface area contributed by atoms with E-state index in [1.54, 1.807) is 0 Å². The van der Waals surface area contributed by atoms with E-state index in [1.807, 2.05) is 0 Å². The third-order valence-corrected chi connectivity index (χ3v) is 3.09. The average Bonchev–Trinajstić information content (AvgIpc) is 2.62. The molecule has 0 amide bonds. The van der Waals surface area contributed by atoms with Gasteiger partial charge in [-0.3, -0.25) is 0 Å². The van der Waals surface area contributed by atoms with Crippen LogP contribution in [0.2, 0.25) is 0 Å². The Kier molecular flexibility index (Phi) is 1.97. The number of rotatable bonds is 2. The van der Waals surface area contributed by atoms with Crippen molar-refractivity contribution in [1.29, 1.82) is 0 Å². The molecule has 2 aliphatic rings. The van der Waals surface area contributed by atoms with Gasteiger partial charge in [-0.1, -0.05) is 0 Å². The fourth-order valence-corrected chi connectivity index (χ4v) is 2.36. The topological polar surface area (TPSA) is 21.3 Å². The van der Waals surface area contributed by atoms with Crippen LogP contribution in [0.1, 0.15) is 47.0 Å². The van der Waals surface area contributed by atoms with E-state index in [4.69, 9.17) is 4.74 Å². The molecule has 0 radical (unpaired) electrons. The first kappa shape index (κ1) is 9.47. The summed E-state index contributed by atoms with van der Waals surface area (Å²) in [4.78, 5) is 0. The van der Waals surface area contributed by atoms with E-state index < -0.39 is 0 Å². The van der Waals surface area contributed by atoms with Gasteiger partial charge in [-0.05, 0) is 47.0 Å². The Morgan fingerprint density at radius 2 is 1.77 bits per heavy atom. The van der Waals surface area contributed by atoms with Crippen LogP contribution in [0.4, 0.5) is 0 Å². The number of nitrogens with one attached hydrogen (secondary N) is 1. The van der Waals surface area contributed by atoms with Crippen LogP contribution in [0.3, 0.4) is 0 Å². The minimum Gasteiger partial charge on any atom is -0.368 e. The highest BCUT2D eigenvalue weighted by molar-refractivity contribution is 5.01. The summed E-state index contributed by atoms with van der Waals surface area (Å²) >= 11 is 0. The predicted molar refractivity (Wildman–Crippen MR) is 53.8 cm³/mol. The van der Waals surface area contributed by atoms with E-state index in [9.17, 15) is 0 Å². The molecule has 2 nitrogen and oxygen atoms in total. The third-order valence-electron chi connectivity index (χ3n) is 3.09. The second-order valence-electron chi connectivity index (χ2n) is 5.66. The van der Waals surface area contributed by atoms with E-state index in [0.29, 0.717) is 6.04 Å². The highest BCUT2D eigenvalue weighted by Crippen LogP contribution is 2.38. The summed E-state index contributed by atoms with van der Waals surface area (Å²) in [6.45, 7) is 8.76. The average molecular weight is 183 g/mol. The van der Waals surface area contributed by atoms with Crippen LogP contribution >= 0.6 is 0 Å². The Labute approximate surface area is 81.0 Å². The van der Waals surface area contributed by atoms with Crippen molar-refractivity contribution in [2.45, 2.75) is 70.2 Å². The molecule has 1 heterocycles. The zero-order valence-electron chi connectivity index (χ0n) is 9.18. The number of hydrogen-bond donors (Lipinski definition) is 1. The summed E-state index contributed by atoms with van der Waals surface area (Å²) in [5, 5.41) is 3.67. The molecule has 2 rings (SSSR count). The summed E-state index contributed by atoms with van der Waals surface area (Å²) < 4.78 is 6.01. The molecule has 0 aromatic rings. The molecule has 13 heavy (non-hydrogen) atoms. The maximum absolute atomic E-state index is 6.01. The van der Waals surface area contributed by atoms with Crippen LogP contribution in [0.25, 0.3) is 0 Å². The van der Waals surface area contributed by atoms with Crippen LogP contribution in [-0.2, 0) is 4.74 Å². The lowest BCUT2D eigenvalue weighted by Crippen LogP contribution is -2.44. The standard InChI is InChI=1S/C11H21NO/c1-10(2)7-9(11(3,4)13-10)12-8-5-6-8/h8-9,12H,5-7H2,1-4H3/t9-/m1/s1. The minimum absolute atomic E-state index is 0.00604. The van der Waals surface area contributed by atoms with Crippen molar-refractivity contribution in [3.05, 3.63) is 0 Å². The first-order valence-electron chi connectivity index (χ1n) is 5.35. The normalized spacial score (nSPS) is 36.5. The smallest absolute Gasteiger partial charge is 0.0787 e. The SMILES string of the molecule is CC1(C)C[C@@H](NC2CC2)C(C)(C)O1. The van der Waals surface area contributed by atoms with E-state index in [-0.39, 0.29) is 11.2 Å². The Bertz CT molecular complexity index is 206. The van der Waals surface area contributed by atoms with Crippen molar-refractivity contribution in [2.75, 3.05) is 0 Å². The van der Waals surface area contributed by atoms with Crippen molar-refractivity contribution < 1.29 is 4.74 Å². The maximum atomic E-state index is 6.01. The summed E-state index contributed by atoms with van der Waals surface area (Å²) in [6, 6.07) is 1.32. The van der Waals surface area contributed by atoms with Crippen molar-refractivity contribution in [1.82, 2.24) is 5.32 Å².